The molecule has 0 radical (unpaired) electrons. The van der Waals surface area contributed by atoms with E-state index >= 15 is 0 Å². The molecule has 2 aliphatic heterocycles. The summed E-state index contributed by atoms with van der Waals surface area (Å²) in [5.41, 5.74) is 0.412. The van der Waals surface area contributed by atoms with Crippen LogP contribution in [-0.4, -0.2) is 71.4 Å². The van der Waals surface area contributed by atoms with E-state index in [0.717, 1.165) is 51.2 Å². The Balaban J connectivity index is 1.61. The topological polar surface area (TPSA) is 69.6 Å². The quantitative estimate of drug-likeness (QED) is 0.765. The molecule has 0 spiro atoms. The first-order valence-electron chi connectivity index (χ1n) is 8.23. The first kappa shape index (κ1) is 15.7. The number of nitrogens with zero attached hydrogens (tertiary/aromatic N) is 5. The lowest BCUT2D eigenvalue weighted by atomic mass is 9.99. The van der Waals surface area contributed by atoms with Gasteiger partial charge in [-0.3, -0.25) is 9.59 Å². The van der Waals surface area contributed by atoms with Gasteiger partial charge in [0.25, 0.3) is 5.91 Å². The van der Waals surface area contributed by atoms with Gasteiger partial charge in [-0.25, -0.2) is 9.97 Å². The zero-order chi connectivity index (χ0) is 16.2. The van der Waals surface area contributed by atoms with Crippen molar-refractivity contribution in [1.29, 1.82) is 0 Å². The van der Waals surface area contributed by atoms with Gasteiger partial charge in [-0.15, -0.1) is 0 Å². The number of anilines is 1. The second kappa shape index (κ2) is 6.93. The normalized spacial score (nSPS) is 19.8. The van der Waals surface area contributed by atoms with E-state index in [1.807, 2.05) is 4.90 Å². The molecule has 7 heteroatoms. The molecule has 2 saturated heterocycles. The first-order chi connectivity index (χ1) is 11.2. The highest BCUT2D eigenvalue weighted by molar-refractivity contribution is 5.92. The van der Waals surface area contributed by atoms with Crippen LogP contribution in [0, 0.1) is 5.92 Å². The van der Waals surface area contributed by atoms with Gasteiger partial charge in [0.15, 0.2) is 0 Å². The van der Waals surface area contributed by atoms with Crippen molar-refractivity contribution in [2.75, 3.05) is 44.2 Å². The van der Waals surface area contributed by atoms with Crippen molar-refractivity contribution in [2.45, 2.75) is 19.8 Å². The van der Waals surface area contributed by atoms with Gasteiger partial charge in [0.2, 0.25) is 6.41 Å². The number of carbonyl (C=O) groups excluding carboxylic acids is 2. The lowest BCUT2D eigenvalue weighted by Crippen LogP contribution is -2.46. The number of likely N-dealkylation sites (tertiary alicyclic amines) is 1. The maximum atomic E-state index is 12.4. The molecule has 2 aliphatic rings. The van der Waals surface area contributed by atoms with Crippen LogP contribution in [0.1, 0.15) is 30.3 Å². The van der Waals surface area contributed by atoms with Crippen LogP contribution in [0.15, 0.2) is 12.4 Å². The summed E-state index contributed by atoms with van der Waals surface area (Å²) in [6.45, 7) is 6.69. The van der Waals surface area contributed by atoms with Crippen molar-refractivity contribution in [2.24, 2.45) is 5.92 Å². The van der Waals surface area contributed by atoms with E-state index in [2.05, 4.69) is 21.8 Å². The number of hydrogen-bond acceptors (Lipinski definition) is 5. The summed E-state index contributed by atoms with van der Waals surface area (Å²) >= 11 is 0. The summed E-state index contributed by atoms with van der Waals surface area (Å²) in [5, 5.41) is 0. The number of carbonyl (C=O) groups is 2. The average molecular weight is 317 g/mol. The number of piperazine rings is 1. The fraction of sp³-hybridized carbons (Fsp3) is 0.625. The third-order valence-corrected chi connectivity index (χ3v) is 4.72. The van der Waals surface area contributed by atoms with Gasteiger partial charge in [-0.1, -0.05) is 6.92 Å². The summed E-state index contributed by atoms with van der Waals surface area (Å²) in [4.78, 5) is 37.6. The molecule has 1 aromatic rings. The molecule has 0 bridgehead atoms. The van der Waals surface area contributed by atoms with Gasteiger partial charge in [0, 0.05) is 39.3 Å². The molecular formula is C16H23N5O2. The molecular weight excluding hydrogens is 294 g/mol. The fourth-order valence-corrected chi connectivity index (χ4v) is 3.03. The molecule has 0 N–H and O–H groups in total. The molecule has 0 saturated carbocycles. The van der Waals surface area contributed by atoms with Gasteiger partial charge < -0.3 is 14.7 Å². The van der Waals surface area contributed by atoms with E-state index in [0.29, 0.717) is 24.7 Å². The summed E-state index contributed by atoms with van der Waals surface area (Å²) in [5.74, 6) is 1.43. The second-order valence-corrected chi connectivity index (χ2v) is 6.36. The van der Waals surface area contributed by atoms with Crippen molar-refractivity contribution >= 4 is 18.1 Å². The average Bonchev–Trinajstić information content (AvgIpc) is 2.62. The number of piperidine rings is 1. The molecule has 3 rings (SSSR count). The molecule has 3 heterocycles. The summed E-state index contributed by atoms with van der Waals surface area (Å²) in [7, 11) is 0. The fourth-order valence-electron chi connectivity index (χ4n) is 3.03. The van der Waals surface area contributed by atoms with Crippen molar-refractivity contribution in [3.8, 4) is 0 Å². The van der Waals surface area contributed by atoms with Crippen molar-refractivity contribution in [3.05, 3.63) is 18.1 Å². The summed E-state index contributed by atoms with van der Waals surface area (Å²) < 4.78 is 0. The molecule has 23 heavy (non-hydrogen) atoms. The predicted molar refractivity (Wildman–Crippen MR) is 86.2 cm³/mol. The van der Waals surface area contributed by atoms with Crippen LogP contribution in [0.4, 0.5) is 5.82 Å². The van der Waals surface area contributed by atoms with Gasteiger partial charge in [0.1, 0.15) is 11.5 Å². The van der Waals surface area contributed by atoms with E-state index in [4.69, 9.17) is 0 Å². The molecule has 2 amide bonds. The summed E-state index contributed by atoms with van der Waals surface area (Å²) in [6, 6.07) is 0. The zero-order valence-electron chi connectivity index (χ0n) is 13.5. The minimum absolute atomic E-state index is 0.0262. The van der Waals surface area contributed by atoms with Crippen LogP contribution < -0.4 is 4.90 Å². The minimum atomic E-state index is -0.0262. The zero-order valence-corrected chi connectivity index (χ0v) is 13.5. The molecule has 2 fully saturated rings. The van der Waals surface area contributed by atoms with Gasteiger partial charge in [0.05, 0.1) is 12.4 Å². The van der Waals surface area contributed by atoms with Crippen molar-refractivity contribution in [3.63, 3.8) is 0 Å². The van der Waals surface area contributed by atoms with Crippen LogP contribution in [0.5, 0.6) is 0 Å². The van der Waals surface area contributed by atoms with Crippen LogP contribution in [0.3, 0.4) is 0 Å². The van der Waals surface area contributed by atoms with Crippen LogP contribution in [0.25, 0.3) is 0 Å². The number of amides is 2. The van der Waals surface area contributed by atoms with Crippen LogP contribution >= 0.6 is 0 Å². The van der Waals surface area contributed by atoms with E-state index < -0.39 is 0 Å². The third-order valence-electron chi connectivity index (χ3n) is 4.72. The third kappa shape index (κ3) is 3.60. The van der Waals surface area contributed by atoms with Gasteiger partial charge in [-0.2, -0.15) is 0 Å². The maximum Gasteiger partial charge on any atom is 0.274 e. The smallest absolute Gasteiger partial charge is 0.274 e. The Morgan fingerprint density at radius 1 is 1.09 bits per heavy atom. The highest BCUT2D eigenvalue weighted by Gasteiger charge is 2.23. The second-order valence-electron chi connectivity index (χ2n) is 6.36. The van der Waals surface area contributed by atoms with Crippen LogP contribution in [0.2, 0.25) is 0 Å². The van der Waals surface area contributed by atoms with E-state index in [9.17, 15) is 9.59 Å². The molecule has 0 unspecified atom stereocenters. The Labute approximate surface area is 136 Å². The molecule has 1 aromatic heterocycles. The summed E-state index contributed by atoms with van der Waals surface area (Å²) in [6.07, 6.45) is 6.22. The Bertz CT molecular complexity index is 546. The lowest BCUT2D eigenvalue weighted by Gasteiger charge is -2.33. The maximum absolute atomic E-state index is 12.4. The first-order valence-corrected chi connectivity index (χ1v) is 8.23. The van der Waals surface area contributed by atoms with Crippen LogP contribution in [-0.2, 0) is 4.79 Å². The SMILES string of the molecule is CC1CCN(C(=O)c2cnc(N3CCN(C=O)CC3)cn2)CC1. The highest BCUT2D eigenvalue weighted by atomic mass is 16.2. The van der Waals surface area contributed by atoms with E-state index in [1.54, 1.807) is 17.3 Å². The largest absolute Gasteiger partial charge is 0.352 e. The van der Waals surface area contributed by atoms with E-state index in [-0.39, 0.29) is 5.91 Å². The Kier molecular flexibility index (Phi) is 4.73. The number of rotatable bonds is 3. The monoisotopic (exact) mass is 317 g/mol. The standard InChI is InChI=1S/C16H23N5O2/c1-13-2-4-21(5-3-13)16(23)14-10-18-15(11-17-14)20-8-6-19(12-22)7-9-20/h10-13H,2-9H2,1H3. The molecule has 0 atom stereocenters. The highest BCUT2D eigenvalue weighted by Crippen LogP contribution is 2.18. The molecule has 7 nitrogen and oxygen atoms in total. The van der Waals surface area contributed by atoms with E-state index in [1.165, 1.54) is 0 Å². The predicted octanol–water partition coefficient (Wildman–Crippen LogP) is 0.627. The number of hydrogen-bond donors (Lipinski definition) is 0. The lowest BCUT2D eigenvalue weighted by molar-refractivity contribution is -0.118. The Morgan fingerprint density at radius 2 is 1.78 bits per heavy atom. The molecule has 124 valence electrons. The Morgan fingerprint density at radius 3 is 2.35 bits per heavy atom. The molecule has 0 aromatic carbocycles. The Hall–Kier alpha value is -2.18. The van der Waals surface area contributed by atoms with Crippen molar-refractivity contribution in [1.82, 2.24) is 19.8 Å². The molecule has 0 aliphatic carbocycles. The number of aromatic nitrogens is 2. The minimum Gasteiger partial charge on any atom is -0.352 e. The van der Waals surface area contributed by atoms with Crippen molar-refractivity contribution < 1.29 is 9.59 Å². The van der Waals surface area contributed by atoms with Gasteiger partial charge in [-0.05, 0) is 18.8 Å². The van der Waals surface area contributed by atoms with Gasteiger partial charge >= 0.3 is 0 Å².